The van der Waals surface area contributed by atoms with Gasteiger partial charge < -0.3 is 18.5 Å². The van der Waals surface area contributed by atoms with Crippen LogP contribution in [-0.4, -0.2) is 38.4 Å². The zero-order valence-electron chi connectivity index (χ0n) is 25.7. The molecule has 0 heterocycles. The van der Waals surface area contributed by atoms with Gasteiger partial charge in [-0.05, 0) is 44.9 Å². The molecule has 0 amide bonds. The Morgan fingerprint density at radius 1 is 0.550 bits per heavy atom. The van der Waals surface area contributed by atoms with Gasteiger partial charge in [-0.3, -0.25) is 4.57 Å². The van der Waals surface area contributed by atoms with Crippen LogP contribution in [0.2, 0.25) is 0 Å². The summed E-state index contributed by atoms with van der Waals surface area (Å²) in [7, 11) is -3.80. The Hall–Kier alpha value is -1.69. The molecule has 0 bridgehead atoms. The zero-order chi connectivity index (χ0) is 29.5. The topological polar surface area (TPSA) is 88.1 Å². The first-order chi connectivity index (χ1) is 19.4. The van der Waals surface area contributed by atoms with E-state index in [0.29, 0.717) is 0 Å². The maximum absolute atomic E-state index is 14.1. The Bertz CT molecular complexity index is 809. The quantitative estimate of drug-likeness (QED) is 0.0645. The van der Waals surface area contributed by atoms with Crippen LogP contribution >= 0.6 is 7.60 Å². The molecule has 1 rings (SSSR count). The molecular formula is C32H55O7P. The molecule has 0 radical (unpaired) electrons. The van der Waals surface area contributed by atoms with Crippen molar-refractivity contribution >= 4 is 24.8 Å². The van der Waals surface area contributed by atoms with E-state index in [2.05, 4.69) is 13.8 Å². The molecule has 8 heteroatoms. The number of carbonyl (C=O) groups is 2. The minimum atomic E-state index is -3.80. The highest BCUT2D eigenvalue weighted by atomic mass is 31.2. The van der Waals surface area contributed by atoms with Gasteiger partial charge in [0.25, 0.3) is 0 Å². The van der Waals surface area contributed by atoms with Gasteiger partial charge in [0.15, 0.2) is 0 Å². The number of hydrogen-bond donors (Lipinski definition) is 0. The van der Waals surface area contributed by atoms with E-state index >= 15 is 0 Å². The van der Waals surface area contributed by atoms with Gasteiger partial charge in [-0.2, -0.15) is 0 Å². The lowest BCUT2D eigenvalue weighted by Gasteiger charge is -2.20. The molecule has 1 aromatic carbocycles. The van der Waals surface area contributed by atoms with Crippen molar-refractivity contribution in [2.45, 2.75) is 130 Å². The molecule has 230 valence electrons. The highest BCUT2D eigenvalue weighted by Gasteiger charge is 2.30. The summed E-state index contributed by atoms with van der Waals surface area (Å²) < 4.78 is 36.3. The standard InChI is InChI=1S/C32H55O7P/c1-5-9-11-13-15-17-19-21-23-38-40(35,39-24-22-20-18-16-14-12-10-6-2)30-26-28(31(33)36-7-3)25-29(27-30)32(34)37-8-4/h25-27H,5-24H2,1-4H3. The van der Waals surface area contributed by atoms with Gasteiger partial charge in [-0.15, -0.1) is 0 Å². The minimum absolute atomic E-state index is 0.119. The third-order valence-corrected chi connectivity index (χ3v) is 8.71. The van der Waals surface area contributed by atoms with Crippen LogP contribution in [-0.2, 0) is 23.1 Å². The van der Waals surface area contributed by atoms with Crippen molar-refractivity contribution in [3.8, 4) is 0 Å². The van der Waals surface area contributed by atoms with Crippen LogP contribution in [0.25, 0.3) is 0 Å². The van der Waals surface area contributed by atoms with Crippen molar-refractivity contribution in [3.05, 3.63) is 29.3 Å². The third kappa shape index (κ3) is 15.3. The summed E-state index contributed by atoms with van der Waals surface area (Å²) in [6.45, 7) is 8.76. The van der Waals surface area contributed by atoms with Gasteiger partial charge >= 0.3 is 19.5 Å². The summed E-state index contributed by atoms with van der Waals surface area (Å²) >= 11 is 0. The summed E-state index contributed by atoms with van der Waals surface area (Å²) in [5, 5.41) is 0.181. The van der Waals surface area contributed by atoms with E-state index in [1.54, 1.807) is 13.8 Å². The second-order valence-electron chi connectivity index (χ2n) is 10.3. The molecule has 7 nitrogen and oxygen atoms in total. The van der Waals surface area contributed by atoms with Crippen LogP contribution in [0.5, 0.6) is 0 Å². The number of ether oxygens (including phenoxy) is 2. The molecule has 0 atom stereocenters. The predicted octanol–water partition coefficient (Wildman–Crippen LogP) is 9.17. The summed E-state index contributed by atoms with van der Waals surface area (Å²) in [6.07, 6.45) is 18.2. The van der Waals surface area contributed by atoms with Crippen molar-refractivity contribution in [3.63, 3.8) is 0 Å². The SMILES string of the molecule is CCCCCCCCCCOP(=O)(OCCCCCCCCCC)c1cc(C(=O)OCC)cc(C(=O)OCC)c1. The number of benzene rings is 1. The molecule has 0 fully saturated rings. The van der Waals surface area contributed by atoms with Gasteiger partial charge in [-0.25, -0.2) is 9.59 Å². The van der Waals surface area contributed by atoms with Crippen molar-refractivity contribution in [2.24, 2.45) is 0 Å². The first kappa shape index (κ1) is 36.3. The average Bonchev–Trinajstić information content (AvgIpc) is 2.95. The number of carbonyl (C=O) groups excluding carboxylic acids is 2. The molecule has 0 spiro atoms. The van der Waals surface area contributed by atoms with E-state index in [1.165, 1.54) is 82.4 Å². The molecule has 0 saturated carbocycles. The van der Waals surface area contributed by atoms with E-state index in [9.17, 15) is 14.2 Å². The van der Waals surface area contributed by atoms with Gasteiger partial charge in [0.2, 0.25) is 0 Å². The van der Waals surface area contributed by atoms with Crippen molar-refractivity contribution in [2.75, 3.05) is 26.4 Å². The summed E-state index contributed by atoms with van der Waals surface area (Å²) in [4.78, 5) is 25.1. The van der Waals surface area contributed by atoms with Gasteiger partial charge in [0.05, 0.1) is 42.9 Å². The smallest absolute Gasteiger partial charge is 0.361 e. The Balaban J connectivity index is 2.93. The lowest BCUT2D eigenvalue weighted by Crippen LogP contribution is -2.18. The van der Waals surface area contributed by atoms with Crippen LogP contribution < -0.4 is 5.30 Å². The Kier molecular flexibility index (Phi) is 20.8. The van der Waals surface area contributed by atoms with Crippen LogP contribution in [0.1, 0.15) is 151 Å². The Morgan fingerprint density at radius 2 is 0.900 bits per heavy atom. The van der Waals surface area contributed by atoms with Gasteiger partial charge in [0, 0.05) is 0 Å². The van der Waals surface area contributed by atoms with E-state index in [-0.39, 0.29) is 42.9 Å². The fourth-order valence-corrected chi connectivity index (χ4v) is 6.17. The fraction of sp³-hybridized carbons (Fsp3) is 0.750. The molecule has 40 heavy (non-hydrogen) atoms. The summed E-state index contributed by atoms with van der Waals surface area (Å²) in [5.41, 5.74) is 0.239. The molecule has 0 N–H and O–H groups in total. The number of unbranched alkanes of at least 4 members (excludes halogenated alkanes) is 14. The molecule has 0 unspecified atom stereocenters. The lowest BCUT2D eigenvalue weighted by molar-refractivity contribution is 0.0525. The van der Waals surface area contributed by atoms with E-state index in [1.807, 2.05) is 0 Å². The molecule has 0 aliphatic rings. The molecule has 0 aromatic heterocycles. The average molecular weight is 583 g/mol. The fourth-order valence-electron chi connectivity index (χ4n) is 4.46. The van der Waals surface area contributed by atoms with E-state index in [0.717, 1.165) is 38.5 Å². The highest BCUT2D eigenvalue weighted by molar-refractivity contribution is 7.62. The lowest BCUT2D eigenvalue weighted by atomic mass is 10.1. The molecule has 0 aliphatic heterocycles. The largest absolute Gasteiger partial charge is 0.462 e. The zero-order valence-corrected chi connectivity index (χ0v) is 26.6. The minimum Gasteiger partial charge on any atom is -0.462 e. The molecule has 0 saturated heterocycles. The van der Waals surface area contributed by atoms with Crippen molar-refractivity contribution in [1.29, 1.82) is 0 Å². The van der Waals surface area contributed by atoms with E-state index in [4.69, 9.17) is 18.5 Å². The Morgan fingerprint density at radius 3 is 1.25 bits per heavy atom. The normalized spacial score (nSPS) is 11.5. The number of rotatable bonds is 25. The van der Waals surface area contributed by atoms with Gasteiger partial charge in [0.1, 0.15) is 0 Å². The number of esters is 2. The van der Waals surface area contributed by atoms with Crippen LogP contribution in [0.4, 0.5) is 0 Å². The second kappa shape index (κ2) is 22.9. The van der Waals surface area contributed by atoms with Crippen molar-refractivity contribution in [1.82, 2.24) is 0 Å². The molecule has 1 aromatic rings. The Labute approximate surface area is 243 Å². The maximum Gasteiger partial charge on any atom is 0.361 e. The van der Waals surface area contributed by atoms with Crippen LogP contribution in [0.15, 0.2) is 18.2 Å². The first-order valence-electron chi connectivity index (χ1n) is 15.8. The van der Waals surface area contributed by atoms with Crippen LogP contribution in [0.3, 0.4) is 0 Å². The molecular weight excluding hydrogens is 527 g/mol. The van der Waals surface area contributed by atoms with Gasteiger partial charge in [-0.1, -0.05) is 104 Å². The number of hydrogen-bond acceptors (Lipinski definition) is 7. The second-order valence-corrected chi connectivity index (χ2v) is 12.4. The van der Waals surface area contributed by atoms with Crippen molar-refractivity contribution < 1.29 is 32.7 Å². The first-order valence-corrected chi connectivity index (χ1v) is 17.3. The highest BCUT2D eigenvalue weighted by Crippen LogP contribution is 2.48. The van der Waals surface area contributed by atoms with E-state index < -0.39 is 19.5 Å². The summed E-state index contributed by atoms with van der Waals surface area (Å²) in [6, 6.07) is 4.33. The maximum atomic E-state index is 14.1. The summed E-state index contributed by atoms with van der Waals surface area (Å²) in [5.74, 6) is -1.21. The molecule has 0 aliphatic carbocycles. The van der Waals surface area contributed by atoms with Crippen LogP contribution in [0, 0.1) is 0 Å². The third-order valence-electron chi connectivity index (χ3n) is 6.77. The predicted molar refractivity (Wildman–Crippen MR) is 163 cm³/mol. The monoisotopic (exact) mass is 582 g/mol.